The number of thiazole rings is 1. The van der Waals surface area contributed by atoms with E-state index in [0.717, 1.165) is 23.9 Å². The van der Waals surface area contributed by atoms with Gasteiger partial charge in [-0.15, -0.1) is 11.3 Å². The van der Waals surface area contributed by atoms with Crippen molar-refractivity contribution in [3.8, 4) is 10.4 Å². The third-order valence-electron chi connectivity index (χ3n) is 8.47. The lowest BCUT2D eigenvalue weighted by Crippen LogP contribution is -2.43. The number of carbonyl (C=O) groups excluding carboxylic acids is 2. The summed E-state index contributed by atoms with van der Waals surface area (Å²) in [5.41, 5.74) is 10.6. The molecule has 1 aromatic heterocycles. The Labute approximate surface area is 256 Å². The van der Waals surface area contributed by atoms with Gasteiger partial charge in [0.05, 0.1) is 10.6 Å². The molecule has 6 N–H and O–H groups in total. The fourth-order valence-electron chi connectivity index (χ4n) is 5.05. The monoisotopic (exact) mass is 622 g/mol. The molecule has 8 nitrogen and oxygen atoms in total. The van der Waals surface area contributed by atoms with Gasteiger partial charge in [0.15, 0.2) is 5.01 Å². The molecule has 2 aromatic rings. The summed E-state index contributed by atoms with van der Waals surface area (Å²) in [5.74, 6) is 6.15. The van der Waals surface area contributed by atoms with E-state index < -0.39 is 17.6 Å². The third kappa shape index (κ3) is 9.42. The molecule has 0 radical (unpaired) electrons. The maximum Gasteiger partial charge on any atom is 0.408 e. The molecule has 4 rings (SSSR count). The second-order valence-electron chi connectivity index (χ2n) is 12.8. The largest absolute Gasteiger partial charge is 0.408 e. The van der Waals surface area contributed by atoms with Crippen LogP contribution >= 0.6 is 11.3 Å². The molecule has 2 aliphatic carbocycles. The fraction of sp³-hybridized carbons (Fsp3) is 0.613. The average molecular weight is 623 g/mol. The van der Waals surface area contributed by atoms with Crippen molar-refractivity contribution in [2.24, 2.45) is 28.0 Å². The number of benzene rings is 1. The van der Waals surface area contributed by atoms with Gasteiger partial charge in [-0.3, -0.25) is 9.59 Å². The summed E-state index contributed by atoms with van der Waals surface area (Å²) >= 11 is 1.51. The van der Waals surface area contributed by atoms with E-state index in [1.165, 1.54) is 73.0 Å². The molecule has 1 aromatic carbocycles. The number of aryl methyl sites for hydroxylation is 1. The summed E-state index contributed by atoms with van der Waals surface area (Å²) in [6.07, 6.45) is 5.55. The van der Waals surface area contributed by atoms with Crippen molar-refractivity contribution in [3.63, 3.8) is 0 Å². The molecule has 0 aliphatic heterocycles. The molecule has 0 spiro atoms. The summed E-state index contributed by atoms with van der Waals surface area (Å²) in [6.45, 7) is 9.55. The number of aromatic nitrogens is 1. The molecule has 2 fully saturated rings. The summed E-state index contributed by atoms with van der Waals surface area (Å²) in [6, 6.07) is 5.14. The zero-order chi connectivity index (χ0) is 32.0. The van der Waals surface area contributed by atoms with Gasteiger partial charge in [0.25, 0.3) is 5.91 Å². The van der Waals surface area contributed by atoms with E-state index >= 15 is 0 Å². The Hall–Kier alpha value is -3.15. The van der Waals surface area contributed by atoms with Crippen LogP contribution in [0.2, 0.25) is 0 Å². The second kappa shape index (κ2) is 14.1. The number of alkyl halides is 3. The number of hydrogen-bond donors (Lipinski definition) is 4. The normalized spacial score (nSPS) is 17.8. The third-order valence-corrected chi connectivity index (χ3v) is 9.61. The Balaban J connectivity index is 0.000000489. The van der Waals surface area contributed by atoms with E-state index in [4.69, 9.17) is 16.6 Å². The highest BCUT2D eigenvalue weighted by atomic mass is 32.1. The molecule has 2 amide bonds. The van der Waals surface area contributed by atoms with Crippen LogP contribution in [0.5, 0.6) is 0 Å². The van der Waals surface area contributed by atoms with Crippen LogP contribution in [0.1, 0.15) is 99.3 Å². The number of nitrogens with two attached hydrogens (primary N) is 2. The number of amides is 2. The van der Waals surface area contributed by atoms with Crippen LogP contribution in [-0.2, 0) is 16.6 Å². The highest BCUT2D eigenvalue weighted by Gasteiger charge is 2.39. The zero-order valence-electron chi connectivity index (χ0n) is 25.7. The van der Waals surface area contributed by atoms with Crippen molar-refractivity contribution in [2.75, 3.05) is 6.54 Å². The van der Waals surface area contributed by atoms with Gasteiger partial charge in [-0.1, -0.05) is 70.6 Å². The molecular formula is C31H45F3N6O2S. The minimum absolute atomic E-state index is 0.0259. The van der Waals surface area contributed by atoms with Crippen molar-refractivity contribution >= 4 is 29.5 Å². The molecule has 1 heterocycles. The van der Waals surface area contributed by atoms with E-state index in [1.54, 1.807) is 5.32 Å². The van der Waals surface area contributed by atoms with Gasteiger partial charge in [0.1, 0.15) is 11.9 Å². The van der Waals surface area contributed by atoms with Gasteiger partial charge in [-0.25, -0.2) is 4.98 Å². The van der Waals surface area contributed by atoms with E-state index in [2.05, 4.69) is 42.5 Å². The van der Waals surface area contributed by atoms with Crippen molar-refractivity contribution in [1.29, 1.82) is 0 Å². The molecule has 1 atom stereocenters. The van der Waals surface area contributed by atoms with Crippen LogP contribution in [0.3, 0.4) is 0 Å². The number of rotatable bonds is 10. The lowest BCUT2D eigenvalue weighted by molar-refractivity contribution is -0.154. The van der Waals surface area contributed by atoms with Crippen LogP contribution in [0, 0.1) is 18.3 Å². The SMILES string of the molecule is CC(NC=O)C(F)(F)F.Cc1cc(-c2sc(C(=O)NCC(C)(C)/C(N)=N/N)nc2CC2CCCCC2)cc(C2(C)CC2)c1. The van der Waals surface area contributed by atoms with Gasteiger partial charge in [0, 0.05) is 12.0 Å². The van der Waals surface area contributed by atoms with Gasteiger partial charge < -0.3 is 22.2 Å². The van der Waals surface area contributed by atoms with Crippen LogP contribution < -0.4 is 22.2 Å². The van der Waals surface area contributed by atoms with Gasteiger partial charge in [0.2, 0.25) is 6.41 Å². The van der Waals surface area contributed by atoms with Crippen molar-refractivity contribution in [3.05, 3.63) is 40.0 Å². The fourth-order valence-corrected chi connectivity index (χ4v) is 6.05. The zero-order valence-corrected chi connectivity index (χ0v) is 26.6. The lowest BCUT2D eigenvalue weighted by atomic mass is 9.85. The first-order chi connectivity index (χ1) is 20.1. The first kappa shape index (κ1) is 34.3. The van der Waals surface area contributed by atoms with Crippen molar-refractivity contribution < 1.29 is 22.8 Å². The van der Waals surface area contributed by atoms with Crippen LogP contribution in [0.4, 0.5) is 13.2 Å². The van der Waals surface area contributed by atoms with Gasteiger partial charge in [-0.2, -0.15) is 18.3 Å². The predicted octanol–water partition coefficient (Wildman–Crippen LogP) is 5.96. The Kier molecular flexibility index (Phi) is 11.3. The number of nitrogens with zero attached hydrogens (tertiary/aromatic N) is 2. The molecule has 0 bridgehead atoms. The number of carbonyl (C=O) groups is 2. The first-order valence-corrected chi connectivity index (χ1v) is 15.6. The maximum absolute atomic E-state index is 13.1. The molecule has 43 heavy (non-hydrogen) atoms. The highest BCUT2D eigenvalue weighted by molar-refractivity contribution is 7.17. The number of hydrazone groups is 1. The summed E-state index contributed by atoms with van der Waals surface area (Å²) in [4.78, 5) is 28.6. The van der Waals surface area contributed by atoms with Gasteiger partial charge in [-0.05, 0) is 61.6 Å². The van der Waals surface area contributed by atoms with E-state index in [1.807, 2.05) is 13.8 Å². The number of nitrogens with one attached hydrogen (secondary N) is 2. The van der Waals surface area contributed by atoms with E-state index in [0.29, 0.717) is 28.7 Å². The standard InChI is InChI=1S/C27H39N5OS.C4H6F3NO/c1-17-12-19(15-20(13-17)27(4)10-11-27)22-21(14-18-8-6-5-7-9-18)31-24(34-22)23(33)30-16-26(2,3)25(28)32-29;1-3(8-2-9)4(5,6)7/h12-13,15,18H,5-11,14,16,29H2,1-4H3,(H2,28,32)(H,30,33);2-3H,1H3,(H,8,9). The predicted molar refractivity (Wildman–Crippen MR) is 166 cm³/mol. The summed E-state index contributed by atoms with van der Waals surface area (Å²) < 4.78 is 34.2. The number of amidine groups is 1. The van der Waals surface area contributed by atoms with Crippen LogP contribution in [0.15, 0.2) is 23.3 Å². The molecule has 1 unspecified atom stereocenters. The average Bonchev–Trinajstić information content (AvgIpc) is 3.57. The summed E-state index contributed by atoms with van der Waals surface area (Å²) in [5, 5.41) is 8.70. The molecule has 238 valence electrons. The minimum atomic E-state index is -4.33. The Morgan fingerprint density at radius 1 is 1.21 bits per heavy atom. The minimum Gasteiger partial charge on any atom is -0.385 e. The Bertz CT molecular complexity index is 1300. The Morgan fingerprint density at radius 2 is 1.86 bits per heavy atom. The maximum atomic E-state index is 13.1. The van der Waals surface area contributed by atoms with E-state index in [-0.39, 0.29) is 12.3 Å². The van der Waals surface area contributed by atoms with Crippen LogP contribution in [0.25, 0.3) is 10.4 Å². The molecule has 12 heteroatoms. The number of halogens is 3. The number of hydrogen-bond acceptors (Lipinski definition) is 6. The highest BCUT2D eigenvalue weighted by Crippen LogP contribution is 2.49. The first-order valence-electron chi connectivity index (χ1n) is 14.8. The summed E-state index contributed by atoms with van der Waals surface area (Å²) in [7, 11) is 0. The van der Waals surface area contributed by atoms with Gasteiger partial charge >= 0.3 is 6.18 Å². The molecule has 2 aliphatic rings. The molecular weight excluding hydrogens is 577 g/mol. The van der Waals surface area contributed by atoms with E-state index in [9.17, 15) is 22.8 Å². The molecule has 0 saturated heterocycles. The van der Waals surface area contributed by atoms with Crippen molar-refractivity contribution in [2.45, 2.75) is 104 Å². The van der Waals surface area contributed by atoms with Crippen molar-refractivity contribution in [1.82, 2.24) is 15.6 Å². The lowest BCUT2D eigenvalue weighted by Gasteiger charge is -2.23. The second-order valence-corrected chi connectivity index (χ2v) is 13.8. The molecule has 2 saturated carbocycles. The van der Waals surface area contributed by atoms with Crippen LogP contribution in [-0.4, -0.2) is 41.9 Å². The smallest absolute Gasteiger partial charge is 0.385 e. The topological polar surface area (TPSA) is 135 Å². The quantitative estimate of drug-likeness (QED) is 0.0852. The Morgan fingerprint density at radius 3 is 2.40 bits per heavy atom.